The molecular weight excluding hydrogens is 270 g/mol. The highest BCUT2D eigenvalue weighted by Crippen LogP contribution is 2.25. The zero-order valence-electron chi connectivity index (χ0n) is 12.3. The van der Waals surface area contributed by atoms with Crippen molar-refractivity contribution < 1.29 is 0 Å². The van der Waals surface area contributed by atoms with Crippen molar-refractivity contribution >= 4 is 22.7 Å². The first-order chi connectivity index (χ1) is 9.56. The Hall–Kier alpha value is -1.40. The highest BCUT2D eigenvalue weighted by molar-refractivity contribution is 8.13. The third-order valence-electron chi connectivity index (χ3n) is 3.61. The molecule has 4 N–H and O–H groups in total. The second-order valence-corrected chi connectivity index (χ2v) is 7.48. The maximum atomic E-state index is 7.16. The smallest absolute Gasteiger partial charge is 0.185 e. The Balaban J connectivity index is 1.89. The Morgan fingerprint density at radius 3 is 2.30 bits per heavy atom. The van der Waals surface area contributed by atoms with Crippen LogP contribution in [0.3, 0.4) is 0 Å². The monoisotopic (exact) mass is 295 g/mol. The van der Waals surface area contributed by atoms with Crippen LogP contribution in [0.25, 0.3) is 0 Å². The lowest BCUT2D eigenvalue weighted by Gasteiger charge is -2.39. The number of anilines is 1. The molecule has 1 aliphatic rings. The Kier molecular flexibility index (Phi) is 5.14. The van der Waals surface area contributed by atoms with E-state index >= 15 is 0 Å². The summed E-state index contributed by atoms with van der Waals surface area (Å²) >= 11 is 0.0435. The van der Waals surface area contributed by atoms with Crippen molar-refractivity contribution in [1.82, 2.24) is 9.62 Å². The number of piperazine rings is 1. The molecule has 0 radical (unpaired) electrons. The van der Waals surface area contributed by atoms with Gasteiger partial charge in [-0.3, -0.25) is 9.71 Å². The molecule has 0 atom stereocenters. The predicted molar refractivity (Wildman–Crippen MR) is 89.8 cm³/mol. The molecule has 1 fully saturated rings. The molecule has 1 aromatic carbocycles. The van der Waals surface area contributed by atoms with Crippen LogP contribution in [-0.4, -0.2) is 49.0 Å². The first kappa shape index (κ1) is 15.0. The van der Waals surface area contributed by atoms with Crippen LogP contribution < -0.4 is 16.0 Å². The number of nitrogens with two attached hydrogens (primary N) is 1. The largest absolute Gasteiger partial charge is 0.370 e. The molecule has 5 nitrogen and oxygen atoms in total. The average molecular weight is 295 g/mol. The second-order valence-electron chi connectivity index (χ2n) is 5.22. The van der Waals surface area contributed by atoms with Gasteiger partial charge in [-0.1, -0.05) is 12.1 Å². The van der Waals surface area contributed by atoms with Crippen molar-refractivity contribution in [3.63, 3.8) is 0 Å². The first-order valence-electron chi connectivity index (χ1n) is 6.90. The van der Waals surface area contributed by atoms with E-state index in [0.29, 0.717) is 6.54 Å². The van der Waals surface area contributed by atoms with E-state index in [1.165, 1.54) is 5.69 Å². The lowest BCUT2D eigenvalue weighted by atomic mass is 10.2. The van der Waals surface area contributed by atoms with Crippen molar-refractivity contribution in [2.24, 2.45) is 5.73 Å². The summed E-state index contributed by atoms with van der Waals surface area (Å²) < 4.78 is 2.58. The Labute approximate surface area is 124 Å². The Morgan fingerprint density at radius 1 is 1.20 bits per heavy atom. The summed E-state index contributed by atoms with van der Waals surface area (Å²) in [6.07, 6.45) is 4.64. The molecule has 6 heteroatoms. The van der Waals surface area contributed by atoms with Gasteiger partial charge in [0.2, 0.25) is 0 Å². The topological polar surface area (TPSA) is 68.4 Å². The van der Waals surface area contributed by atoms with Gasteiger partial charge in [-0.25, -0.2) is 11.1 Å². The lowest BCUT2D eigenvalue weighted by molar-refractivity contribution is 0.427. The second kappa shape index (κ2) is 6.85. The van der Waals surface area contributed by atoms with Gasteiger partial charge in [-0.2, -0.15) is 0 Å². The molecule has 0 aliphatic carbocycles. The van der Waals surface area contributed by atoms with Gasteiger partial charge in [-0.05, 0) is 30.2 Å². The number of rotatable bonds is 4. The molecule has 0 unspecified atom stereocenters. The number of hydrogen-bond acceptors (Lipinski definition) is 3. The van der Waals surface area contributed by atoms with Crippen LogP contribution >= 0.6 is 11.1 Å². The van der Waals surface area contributed by atoms with Crippen molar-refractivity contribution in [1.29, 1.82) is 5.41 Å². The van der Waals surface area contributed by atoms with Crippen LogP contribution in [0.5, 0.6) is 0 Å². The van der Waals surface area contributed by atoms with Crippen molar-refractivity contribution in [2.75, 3.05) is 43.6 Å². The predicted octanol–water partition coefficient (Wildman–Crippen LogP) is 0.967. The van der Waals surface area contributed by atoms with Gasteiger partial charge in [-0.15, -0.1) is 0 Å². The molecule has 112 valence electrons. The molecule has 0 spiro atoms. The van der Waals surface area contributed by atoms with E-state index < -0.39 is 0 Å². The minimum absolute atomic E-state index is 0.0147. The summed E-state index contributed by atoms with van der Waals surface area (Å²) in [6.45, 7) is 5.13. The number of nitrogens with zero attached hydrogens (tertiary/aromatic N) is 2. The Morgan fingerprint density at radius 2 is 1.80 bits per heavy atom. The molecule has 1 heterocycles. The van der Waals surface area contributed by atoms with E-state index in [2.05, 4.69) is 51.3 Å². The van der Waals surface area contributed by atoms with Gasteiger partial charge in [0.25, 0.3) is 0 Å². The normalized spacial score (nSPS) is 16.9. The molecule has 20 heavy (non-hydrogen) atoms. The third-order valence-corrected chi connectivity index (χ3v) is 5.14. The highest BCUT2D eigenvalue weighted by atomic mass is 32.2. The maximum absolute atomic E-state index is 7.16. The molecule has 1 aliphatic heterocycles. The fourth-order valence-corrected chi connectivity index (χ4v) is 3.35. The summed E-state index contributed by atoms with van der Waals surface area (Å²) in [6, 6.07) is 8.52. The zero-order chi connectivity index (χ0) is 14.5. The quantitative estimate of drug-likeness (QED) is 0.379. The minimum Gasteiger partial charge on any atom is -0.370 e. The van der Waals surface area contributed by atoms with Crippen LogP contribution in [0.4, 0.5) is 5.69 Å². The summed E-state index contributed by atoms with van der Waals surface area (Å²) in [5, 5.41) is 9.98. The minimum atomic E-state index is 0.0147. The van der Waals surface area contributed by atoms with E-state index in [4.69, 9.17) is 11.1 Å². The summed E-state index contributed by atoms with van der Waals surface area (Å²) in [5.41, 5.74) is 7.72. The molecule has 0 saturated carbocycles. The van der Waals surface area contributed by atoms with Crippen LogP contribution in [0, 0.1) is 5.41 Å². The average Bonchev–Trinajstić information content (AvgIpc) is 2.46. The van der Waals surface area contributed by atoms with Crippen LogP contribution in [0.1, 0.15) is 5.56 Å². The SMILES string of the molecule is C[SH](C)N1CCN(c2ccc(CNC(=N)N)cc2)CC1. The number of thiol groups is 1. The van der Waals surface area contributed by atoms with Gasteiger partial charge >= 0.3 is 0 Å². The van der Waals surface area contributed by atoms with Crippen molar-refractivity contribution in [3.8, 4) is 0 Å². The fourth-order valence-electron chi connectivity index (χ4n) is 2.38. The van der Waals surface area contributed by atoms with Gasteiger partial charge in [0.1, 0.15) is 0 Å². The third kappa shape index (κ3) is 4.05. The van der Waals surface area contributed by atoms with Crippen LogP contribution in [0.2, 0.25) is 0 Å². The molecule has 0 aromatic heterocycles. The summed E-state index contributed by atoms with van der Waals surface area (Å²) in [4.78, 5) is 2.44. The van der Waals surface area contributed by atoms with Crippen LogP contribution in [-0.2, 0) is 6.54 Å². The summed E-state index contributed by atoms with van der Waals surface area (Å²) in [7, 11) is 0. The number of nitrogens with one attached hydrogen (secondary N) is 2. The van der Waals surface area contributed by atoms with Gasteiger partial charge in [0.15, 0.2) is 5.96 Å². The standard InChI is InChI=1S/C14H25N5S/c1-20(2)19-9-7-18(8-10-19)13-5-3-12(4-6-13)11-17-14(15)16/h3-6,20H,7-11H2,1-2H3,(H4,15,16,17). The van der Waals surface area contributed by atoms with E-state index in [-0.39, 0.29) is 17.0 Å². The molecule has 0 bridgehead atoms. The van der Waals surface area contributed by atoms with E-state index in [1.54, 1.807) is 0 Å². The Bertz CT molecular complexity index is 437. The number of benzene rings is 1. The van der Waals surface area contributed by atoms with Gasteiger partial charge in [0.05, 0.1) is 0 Å². The van der Waals surface area contributed by atoms with Crippen molar-refractivity contribution in [3.05, 3.63) is 29.8 Å². The maximum Gasteiger partial charge on any atom is 0.185 e. The number of guanidine groups is 1. The van der Waals surface area contributed by atoms with E-state index in [9.17, 15) is 0 Å². The zero-order valence-corrected chi connectivity index (χ0v) is 13.2. The fraction of sp³-hybridized carbons (Fsp3) is 0.500. The number of hydrogen-bond donors (Lipinski definition) is 4. The highest BCUT2D eigenvalue weighted by Gasteiger charge is 2.17. The van der Waals surface area contributed by atoms with Gasteiger partial charge in [0, 0.05) is 38.4 Å². The van der Waals surface area contributed by atoms with Crippen LogP contribution in [0.15, 0.2) is 24.3 Å². The molecular formula is C14H25N5S. The molecule has 1 aromatic rings. The molecule has 2 rings (SSSR count). The lowest BCUT2D eigenvalue weighted by Crippen LogP contribution is -2.44. The van der Waals surface area contributed by atoms with Gasteiger partial charge < -0.3 is 16.0 Å². The van der Waals surface area contributed by atoms with E-state index in [1.807, 2.05) is 0 Å². The molecule has 1 saturated heterocycles. The van der Waals surface area contributed by atoms with Crippen molar-refractivity contribution in [2.45, 2.75) is 6.54 Å². The molecule has 0 amide bonds. The first-order valence-corrected chi connectivity index (χ1v) is 9.09. The summed E-state index contributed by atoms with van der Waals surface area (Å²) in [5.74, 6) is 0.0147. The van der Waals surface area contributed by atoms with E-state index in [0.717, 1.165) is 31.7 Å².